The molecule has 0 saturated heterocycles. The lowest BCUT2D eigenvalue weighted by Crippen LogP contribution is -2.19. The summed E-state index contributed by atoms with van der Waals surface area (Å²) < 4.78 is 0.770. The van der Waals surface area contributed by atoms with E-state index >= 15 is 0 Å². The van der Waals surface area contributed by atoms with Gasteiger partial charge in [0, 0.05) is 22.3 Å². The first-order chi connectivity index (χ1) is 9.95. The Morgan fingerprint density at radius 3 is 2.43 bits per heavy atom. The SMILES string of the molecule is Cc1ccc(Br)c(NC(=O)Nc2ccc([N+](=O)[O-])cc2)c1. The second kappa shape index (κ2) is 6.36. The van der Waals surface area contributed by atoms with Crippen LogP contribution in [0.2, 0.25) is 0 Å². The van der Waals surface area contributed by atoms with E-state index in [9.17, 15) is 14.9 Å². The largest absolute Gasteiger partial charge is 0.323 e. The summed E-state index contributed by atoms with van der Waals surface area (Å²) in [6.45, 7) is 1.92. The Balaban J connectivity index is 2.04. The number of nitro benzene ring substituents is 1. The Hall–Kier alpha value is -2.41. The second-order valence-corrected chi connectivity index (χ2v) is 5.22. The molecule has 0 saturated carbocycles. The molecular weight excluding hydrogens is 338 g/mol. The van der Waals surface area contributed by atoms with Crippen molar-refractivity contribution in [3.05, 3.63) is 62.6 Å². The van der Waals surface area contributed by atoms with Crippen molar-refractivity contribution in [1.82, 2.24) is 0 Å². The molecule has 0 radical (unpaired) electrons. The van der Waals surface area contributed by atoms with E-state index in [0.29, 0.717) is 11.4 Å². The number of hydrogen-bond acceptors (Lipinski definition) is 3. The minimum absolute atomic E-state index is 0.0256. The number of nitrogens with one attached hydrogen (secondary N) is 2. The number of carbonyl (C=O) groups is 1. The zero-order valence-electron chi connectivity index (χ0n) is 11.1. The van der Waals surface area contributed by atoms with Gasteiger partial charge in [-0.15, -0.1) is 0 Å². The number of nitro groups is 1. The van der Waals surface area contributed by atoms with Gasteiger partial charge < -0.3 is 10.6 Å². The summed E-state index contributed by atoms with van der Waals surface area (Å²) in [7, 11) is 0. The van der Waals surface area contributed by atoms with Crippen LogP contribution in [0.1, 0.15) is 5.56 Å². The Labute approximate surface area is 129 Å². The lowest BCUT2D eigenvalue weighted by atomic mass is 10.2. The van der Waals surface area contributed by atoms with Gasteiger partial charge in [-0.1, -0.05) is 6.07 Å². The third-order valence-electron chi connectivity index (χ3n) is 2.71. The van der Waals surface area contributed by atoms with E-state index < -0.39 is 11.0 Å². The molecular formula is C14H12BrN3O3. The van der Waals surface area contributed by atoms with Crippen LogP contribution in [0, 0.1) is 17.0 Å². The fourth-order valence-electron chi connectivity index (χ4n) is 1.69. The average Bonchev–Trinajstić information content (AvgIpc) is 2.43. The van der Waals surface area contributed by atoms with Crippen molar-refractivity contribution >= 4 is 39.0 Å². The van der Waals surface area contributed by atoms with Crippen LogP contribution in [-0.2, 0) is 0 Å². The summed E-state index contributed by atoms with van der Waals surface area (Å²) in [4.78, 5) is 21.9. The maximum Gasteiger partial charge on any atom is 0.323 e. The second-order valence-electron chi connectivity index (χ2n) is 4.37. The van der Waals surface area contributed by atoms with E-state index in [-0.39, 0.29) is 5.69 Å². The molecule has 0 aromatic heterocycles. The monoisotopic (exact) mass is 349 g/mol. The number of benzene rings is 2. The molecule has 2 amide bonds. The van der Waals surface area contributed by atoms with Crippen LogP contribution in [0.15, 0.2) is 46.9 Å². The topological polar surface area (TPSA) is 84.3 Å². The van der Waals surface area contributed by atoms with Gasteiger partial charge in [-0.3, -0.25) is 10.1 Å². The lowest BCUT2D eigenvalue weighted by Gasteiger charge is -2.09. The van der Waals surface area contributed by atoms with Gasteiger partial charge in [0.2, 0.25) is 0 Å². The van der Waals surface area contributed by atoms with Gasteiger partial charge in [-0.2, -0.15) is 0 Å². The van der Waals surface area contributed by atoms with Crippen LogP contribution < -0.4 is 10.6 Å². The summed E-state index contributed by atoms with van der Waals surface area (Å²) >= 11 is 3.35. The van der Waals surface area contributed by atoms with E-state index in [2.05, 4.69) is 26.6 Å². The molecule has 2 aromatic carbocycles. The summed E-state index contributed by atoms with van der Waals surface area (Å²) in [5, 5.41) is 15.9. The van der Waals surface area contributed by atoms with E-state index in [1.807, 2.05) is 25.1 Å². The molecule has 0 aliphatic rings. The third-order valence-corrected chi connectivity index (χ3v) is 3.40. The van der Waals surface area contributed by atoms with Gasteiger partial charge in [0.1, 0.15) is 0 Å². The molecule has 2 aromatic rings. The number of amides is 2. The minimum Gasteiger partial charge on any atom is -0.308 e. The smallest absolute Gasteiger partial charge is 0.308 e. The number of anilines is 2. The van der Waals surface area contributed by atoms with Crippen LogP contribution in [-0.4, -0.2) is 11.0 Å². The predicted molar refractivity (Wildman–Crippen MR) is 84.6 cm³/mol. The molecule has 6 nitrogen and oxygen atoms in total. The number of urea groups is 1. The van der Waals surface area contributed by atoms with Gasteiger partial charge in [-0.25, -0.2) is 4.79 Å². The molecule has 0 fully saturated rings. The fourth-order valence-corrected chi connectivity index (χ4v) is 2.03. The first-order valence-electron chi connectivity index (χ1n) is 6.04. The lowest BCUT2D eigenvalue weighted by molar-refractivity contribution is -0.384. The highest BCUT2D eigenvalue weighted by atomic mass is 79.9. The maximum atomic E-state index is 11.9. The van der Waals surface area contributed by atoms with Crippen molar-refractivity contribution in [3.8, 4) is 0 Å². The van der Waals surface area contributed by atoms with Crippen molar-refractivity contribution in [2.75, 3.05) is 10.6 Å². The summed E-state index contributed by atoms with van der Waals surface area (Å²) in [5.74, 6) is 0. The first-order valence-corrected chi connectivity index (χ1v) is 6.83. The number of aryl methyl sites for hydroxylation is 1. The highest BCUT2D eigenvalue weighted by molar-refractivity contribution is 9.10. The van der Waals surface area contributed by atoms with Crippen LogP contribution in [0.25, 0.3) is 0 Å². The standard InChI is InChI=1S/C14H12BrN3O3/c1-9-2-7-12(15)13(8-9)17-14(19)16-10-3-5-11(6-4-10)18(20)21/h2-8H,1H3,(H2,16,17,19). The Kier molecular flexibility index (Phi) is 4.54. The molecule has 2 rings (SSSR count). The van der Waals surface area contributed by atoms with Crippen LogP contribution in [0.5, 0.6) is 0 Å². The summed E-state index contributed by atoms with van der Waals surface area (Å²) in [5.41, 5.74) is 2.11. The van der Waals surface area contributed by atoms with Crippen molar-refractivity contribution < 1.29 is 9.72 Å². The Morgan fingerprint density at radius 2 is 1.81 bits per heavy atom. The van der Waals surface area contributed by atoms with E-state index in [1.165, 1.54) is 24.3 Å². The number of non-ortho nitro benzene ring substituents is 1. The molecule has 7 heteroatoms. The zero-order chi connectivity index (χ0) is 15.4. The normalized spacial score (nSPS) is 10.0. The highest BCUT2D eigenvalue weighted by Crippen LogP contribution is 2.23. The number of hydrogen-bond donors (Lipinski definition) is 2. The quantitative estimate of drug-likeness (QED) is 0.639. The van der Waals surface area contributed by atoms with Gasteiger partial charge in [0.25, 0.3) is 5.69 Å². The van der Waals surface area contributed by atoms with Crippen LogP contribution in [0.3, 0.4) is 0 Å². The molecule has 0 aliphatic carbocycles. The summed E-state index contributed by atoms with van der Waals surface area (Å²) in [6.07, 6.45) is 0. The van der Waals surface area contributed by atoms with Crippen molar-refractivity contribution in [2.24, 2.45) is 0 Å². The molecule has 0 bridgehead atoms. The molecule has 0 atom stereocenters. The molecule has 0 heterocycles. The first kappa shape index (κ1) is 15.0. The maximum absolute atomic E-state index is 11.9. The average molecular weight is 350 g/mol. The molecule has 21 heavy (non-hydrogen) atoms. The molecule has 0 aliphatic heterocycles. The summed E-state index contributed by atoms with van der Waals surface area (Å²) in [6, 6.07) is 10.8. The highest BCUT2D eigenvalue weighted by Gasteiger charge is 2.08. The van der Waals surface area contributed by atoms with Crippen LogP contribution in [0.4, 0.5) is 21.9 Å². The Bertz CT molecular complexity index is 686. The molecule has 0 spiro atoms. The van der Waals surface area contributed by atoms with Crippen LogP contribution >= 0.6 is 15.9 Å². The predicted octanol–water partition coefficient (Wildman–Crippen LogP) is 4.31. The third kappa shape index (κ3) is 4.03. The zero-order valence-corrected chi connectivity index (χ0v) is 12.7. The molecule has 0 unspecified atom stereocenters. The van der Waals surface area contributed by atoms with Gasteiger partial charge in [0.05, 0.1) is 10.6 Å². The number of nitrogens with zero attached hydrogens (tertiary/aromatic N) is 1. The van der Waals surface area contributed by atoms with E-state index in [0.717, 1.165) is 10.0 Å². The minimum atomic E-state index is -0.492. The van der Waals surface area contributed by atoms with Crippen molar-refractivity contribution in [2.45, 2.75) is 6.92 Å². The van der Waals surface area contributed by atoms with Gasteiger partial charge in [0.15, 0.2) is 0 Å². The van der Waals surface area contributed by atoms with E-state index in [4.69, 9.17) is 0 Å². The van der Waals surface area contributed by atoms with Gasteiger partial charge in [-0.05, 0) is 52.7 Å². The van der Waals surface area contributed by atoms with E-state index in [1.54, 1.807) is 0 Å². The van der Waals surface area contributed by atoms with Crippen molar-refractivity contribution in [3.63, 3.8) is 0 Å². The number of carbonyl (C=O) groups excluding carboxylic acids is 1. The molecule has 2 N–H and O–H groups in total. The molecule has 108 valence electrons. The number of halogens is 1. The Morgan fingerprint density at radius 1 is 1.14 bits per heavy atom. The van der Waals surface area contributed by atoms with Crippen molar-refractivity contribution in [1.29, 1.82) is 0 Å². The van der Waals surface area contributed by atoms with Gasteiger partial charge >= 0.3 is 6.03 Å². The fraction of sp³-hybridized carbons (Fsp3) is 0.0714. The number of rotatable bonds is 3.